The molecule has 0 bridgehead atoms. The summed E-state index contributed by atoms with van der Waals surface area (Å²) in [6, 6.07) is 15.7. The molecule has 1 N–H and O–H groups in total. The van der Waals surface area contributed by atoms with Crippen molar-refractivity contribution in [2.75, 3.05) is 55.0 Å². The number of nitrogens with one attached hydrogen (secondary N) is 1. The van der Waals surface area contributed by atoms with E-state index in [1.54, 1.807) is 7.11 Å². The van der Waals surface area contributed by atoms with Crippen molar-refractivity contribution in [3.63, 3.8) is 0 Å². The Balaban J connectivity index is 1.37. The number of rotatable bonds is 7. The molecule has 2 aromatic carbocycles. The van der Waals surface area contributed by atoms with Crippen LogP contribution in [0.1, 0.15) is 5.56 Å². The number of carbonyl (C=O) groups excluding carboxylic acids is 2. The van der Waals surface area contributed by atoms with Crippen LogP contribution >= 0.6 is 11.8 Å². The molecule has 7 heteroatoms. The second-order valence-electron chi connectivity index (χ2n) is 6.97. The van der Waals surface area contributed by atoms with Crippen molar-refractivity contribution in [2.24, 2.45) is 0 Å². The third-order valence-corrected chi connectivity index (χ3v) is 5.78. The summed E-state index contributed by atoms with van der Waals surface area (Å²) in [5.74, 6) is 1.43. The number of benzene rings is 2. The fraction of sp³-hybridized carbons (Fsp3) is 0.364. The molecule has 1 fully saturated rings. The molecule has 2 aromatic rings. The summed E-state index contributed by atoms with van der Waals surface area (Å²) in [7, 11) is 1.66. The van der Waals surface area contributed by atoms with E-state index in [2.05, 4.69) is 10.2 Å². The Morgan fingerprint density at radius 3 is 2.24 bits per heavy atom. The van der Waals surface area contributed by atoms with Gasteiger partial charge in [-0.25, -0.2) is 0 Å². The predicted molar refractivity (Wildman–Crippen MR) is 119 cm³/mol. The number of hydrogen-bond acceptors (Lipinski definition) is 5. The number of piperazine rings is 1. The number of nitrogens with zero attached hydrogens (tertiary/aromatic N) is 2. The Bertz CT molecular complexity index is 816. The van der Waals surface area contributed by atoms with Crippen LogP contribution < -0.4 is 15.0 Å². The lowest BCUT2D eigenvalue weighted by molar-refractivity contribution is -0.128. The Morgan fingerprint density at radius 1 is 0.966 bits per heavy atom. The standard InChI is InChI=1S/C22H27N3O3S/c1-17-3-5-18(6-4-17)23-21(26)15-29-16-22(27)25-13-11-24(12-14-25)19-7-9-20(28-2)10-8-19/h3-10H,11-16H2,1-2H3,(H,23,26). The molecular formula is C22H27N3O3S. The maximum Gasteiger partial charge on any atom is 0.234 e. The average molecular weight is 414 g/mol. The van der Waals surface area contributed by atoms with E-state index in [0.717, 1.165) is 35.8 Å². The van der Waals surface area contributed by atoms with Gasteiger partial charge in [-0.2, -0.15) is 0 Å². The highest BCUT2D eigenvalue weighted by atomic mass is 32.2. The third-order valence-electron chi connectivity index (χ3n) is 4.86. The molecule has 0 saturated carbocycles. The summed E-state index contributed by atoms with van der Waals surface area (Å²) in [5.41, 5.74) is 3.07. The number of thioether (sulfide) groups is 1. The fourth-order valence-electron chi connectivity index (χ4n) is 3.16. The molecule has 1 saturated heterocycles. The molecule has 6 nitrogen and oxygen atoms in total. The lowest BCUT2D eigenvalue weighted by Crippen LogP contribution is -2.49. The van der Waals surface area contributed by atoms with E-state index in [9.17, 15) is 9.59 Å². The zero-order chi connectivity index (χ0) is 20.6. The Kier molecular flexibility index (Phi) is 7.41. The van der Waals surface area contributed by atoms with E-state index in [4.69, 9.17) is 4.74 Å². The van der Waals surface area contributed by atoms with Crippen molar-refractivity contribution < 1.29 is 14.3 Å². The molecule has 1 heterocycles. The number of anilines is 2. The molecule has 1 aliphatic heterocycles. The molecule has 0 radical (unpaired) electrons. The first kappa shape index (κ1) is 21.0. The van der Waals surface area contributed by atoms with Crippen LogP contribution in [0, 0.1) is 6.92 Å². The molecule has 0 atom stereocenters. The third kappa shape index (κ3) is 6.15. The monoisotopic (exact) mass is 413 g/mol. The Morgan fingerprint density at radius 2 is 1.62 bits per heavy atom. The summed E-state index contributed by atoms with van der Waals surface area (Å²) < 4.78 is 5.20. The van der Waals surface area contributed by atoms with Crippen LogP contribution in [-0.4, -0.2) is 61.5 Å². The first-order valence-corrected chi connectivity index (χ1v) is 10.8. The molecule has 0 aromatic heterocycles. The zero-order valence-electron chi connectivity index (χ0n) is 16.9. The first-order valence-electron chi connectivity index (χ1n) is 9.66. The minimum Gasteiger partial charge on any atom is -0.497 e. The van der Waals surface area contributed by atoms with E-state index in [1.165, 1.54) is 11.8 Å². The minimum absolute atomic E-state index is 0.0871. The van der Waals surface area contributed by atoms with Crippen LogP contribution in [0.3, 0.4) is 0 Å². The van der Waals surface area contributed by atoms with Crippen molar-refractivity contribution in [2.45, 2.75) is 6.92 Å². The van der Waals surface area contributed by atoms with Crippen molar-refractivity contribution in [3.05, 3.63) is 54.1 Å². The molecule has 2 amide bonds. The number of aryl methyl sites for hydroxylation is 1. The SMILES string of the molecule is COc1ccc(N2CCN(C(=O)CSCC(=O)Nc3ccc(C)cc3)CC2)cc1. The molecular weight excluding hydrogens is 386 g/mol. The smallest absolute Gasteiger partial charge is 0.234 e. The summed E-state index contributed by atoms with van der Waals surface area (Å²) in [5, 5.41) is 2.85. The van der Waals surface area contributed by atoms with Crippen LogP contribution in [0.2, 0.25) is 0 Å². The average Bonchev–Trinajstić information content (AvgIpc) is 2.75. The largest absolute Gasteiger partial charge is 0.497 e. The fourth-order valence-corrected chi connectivity index (χ4v) is 3.88. The summed E-state index contributed by atoms with van der Waals surface area (Å²) in [4.78, 5) is 28.6. The van der Waals surface area contributed by atoms with Gasteiger partial charge in [-0.1, -0.05) is 17.7 Å². The molecule has 29 heavy (non-hydrogen) atoms. The number of methoxy groups -OCH3 is 1. The number of hydrogen-bond donors (Lipinski definition) is 1. The van der Waals surface area contributed by atoms with Crippen LogP contribution in [-0.2, 0) is 9.59 Å². The topological polar surface area (TPSA) is 61.9 Å². The number of ether oxygens (including phenoxy) is 1. The van der Waals surface area contributed by atoms with E-state index in [0.29, 0.717) is 18.8 Å². The second-order valence-corrected chi connectivity index (χ2v) is 7.96. The molecule has 3 rings (SSSR count). The van der Waals surface area contributed by atoms with Crippen LogP contribution in [0.15, 0.2) is 48.5 Å². The molecule has 0 aliphatic carbocycles. The van der Waals surface area contributed by atoms with E-state index >= 15 is 0 Å². The second kappa shape index (κ2) is 10.2. The quantitative estimate of drug-likeness (QED) is 0.756. The zero-order valence-corrected chi connectivity index (χ0v) is 17.7. The van der Waals surface area contributed by atoms with E-state index in [-0.39, 0.29) is 17.6 Å². The maximum absolute atomic E-state index is 12.4. The predicted octanol–water partition coefficient (Wildman–Crippen LogP) is 3.02. The van der Waals surface area contributed by atoms with E-state index in [1.807, 2.05) is 60.4 Å². The lowest BCUT2D eigenvalue weighted by atomic mass is 10.2. The summed E-state index contributed by atoms with van der Waals surface area (Å²) in [6.45, 7) is 5.00. The van der Waals surface area contributed by atoms with Crippen molar-refractivity contribution >= 4 is 35.0 Å². The first-order chi connectivity index (χ1) is 14.0. The van der Waals surface area contributed by atoms with Gasteiger partial charge in [-0.15, -0.1) is 11.8 Å². The van der Waals surface area contributed by atoms with E-state index < -0.39 is 0 Å². The van der Waals surface area contributed by atoms with Gasteiger partial charge >= 0.3 is 0 Å². The van der Waals surface area contributed by atoms with Gasteiger partial charge in [-0.3, -0.25) is 9.59 Å². The normalized spacial score (nSPS) is 13.9. The van der Waals surface area contributed by atoms with Gasteiger partial charge < -0.3 is 19.9 Å². The molecule has 0 unspecified atom stereocenters. The molecule has 154 valence electrons. The number of carbonyl (C=O) groups is 2. The van der Waals surface area contributed by atoms with Crippen LogP contribution in [0.4, 0.5) is 11.4 Å². The van der Waals surface area contributed by atoms with Crippen molar-refractivity contribution in [3.8, 4) is 5.75 Å². The van der Waals surface area contributed by atoms with Gasteiger partial charge in [0.2, 0.25) is 11.8 Å². The maximum atomic E-state index is 12.4. The Hall–Kier alpha value is -2.67. The minimum atomic E-state index is -0.0871. The van der Waals surface area contributed by atoms with Gasteiger partial charge in [0.1, 0.15) is 5.75 Å². The lowest BCUT2D eigenvalue weighted by Gasteiger charge is -2.36. The van der Waals surface area contributed by atoms with Gasteiger partial charge in [0, 0.05) is 37.6 Å². The number of amides is 2. The van der Waals surface area contributed by atoms with Gasteiger partial charge in [0.25, 0.3) is 0 Å². The highest BCUT2D eigenvalue weighted by Gasteiger charge is 2.21. The Labute approximate surface area is 176 Å². The molecule has 1 aliphatic rings. The van der Waals surface area contributed by atoms with Crippen molar-refractivity contribution in [1.82, 2.24) is 4.90 Å². The van der Waals surface area contributed by atoms with Crippen molar-refractivity contribution in [1.29, 1.82) is 0 Å². The van der Waals surface area contributed by atoms with Gasteiger partial charge in [0.15, 0.2) is 0 Å². The van der Waals surface area contributed by atoms with Crippen LogP contribution in [0.25, 0.3) is 0 Å². The van der Waals surface area contributed by atoms with Crippen LogP contribution in [0.5, 0.6) is 5.75 Å². The molecule has 0 spiro atoms. The summed E-state index contributed by atoms with van der Waals surface area (Å²) in [6.07, 6.45) is 0. The van der Waals surface area contributed by atoms with Gasteiger partial charge in [-0.05, 0) is 43.3 Å². The highest BCUT2D eigenvalue weighted by molar-refractivity contribution is 8.00. The summed E-state index contributed by atoms with van der Waals surface area (Å²) >= 11 is 1.36. The van der Waals surface area contributed by atoms with Gasteiger partial charge in [0.05, 0.1) is 18.6 Å². The highest BCUT2D eigenvalue weighted by Crippen LogP contribution is 2.20.